The number of phenols is 4. The highest BCUT2D eigenvalue weighted by molar-refractivity contribution is 5.79. The van der Waals surface area contributed by atoms with E-state index in [2.05, 4.69) is 0 Å². The average Bonchev–Trinajstić information content (AvgIpc) is 2.40. The van der Waals surface area contributed by atoms with Crippen LogP contribution < -0.4 is 0 Å². The molecule has 4 N–H and O–H groups in total. The van der Waals surface area contributed by atoms with Gasteiger partial charge in [-0.05, 0) is 24.3 Å². The molecule has 0 aromatic heterocycles. The number of phenolic OH excluding ortho intramolecular Hbond substituents is 4. The molecule has 0 aliphatic carbocycles. The van der Waals surface area contributed by atoms with Crippen LogP contribution in [0.4, 0.5) is 0 Å². The van der Waals surface area contributed by atoms with E-state index in [-0.39, 0.29) is 34.1 Å². The van der Waals surface area contributed by atoms with Gasteiger partial charge in [0.1, 0.15) is 23.0 Å². The fourth-order valence-corrected chi connectivity index (χ4v) is 1.26. The molecule has 2 aromatic rings. The third kappa shape index (κ3) is 4.02. The van der Waals surface area contributed by atoms with Gasteiger partial charge in [-0.3, -0.25) is 9.59 Å². The molecule has 2 aromatic carbocycles. The summed E-state index contributed by atoms with van der Waals surface area (Å²) in [6, 6.07) is 7.59. The van der Waals surface area contributed by atoms with Gasteiger partial charge in [-0.15, -0.1) is 0 Å². The minimum atomic E-state index is -0.199. The topological polar surface area (TPSA) is 115 Å². The van der Waals surface area contributed by atoms with Gasteiger partial charge in [0.15, 0.2) is 12.6 Å². The molecule has 0 radical (unpaired) electrons. The molecule has 0 aliphatic heterocycles. The van der Waals surface area contributed by atoms with E-state index in [9.17, 15) is 9.59 Å². The number of carbonyl (C=O) groups excluding carboxylic acids is 2. The molecule has 0 aliphatic rings. The molecule has 0 saturated heterocycles. The lowest BCUT2D eigenvalue weighted by molar-refractivity contribution is 0.111. The van der Waals surface area contributed by atoms with Crippen molar-refractivity contribution in [3.8, 4) is 23.0 Å². The van der Waals surface area contributed by atoms with E-state index in [0.29, 0.717) is 12.6 Å². The smallest absolute Gasteiger partial charge is 0.153 e. The van der Waals surface area contributed by atoms with Gasteiger partial charge in [0.2, 0.25) is 0 Å². The summed E-state index contributed by atoms with van der Waals surface area (Å²) in [5, 5.41) is 35.3. The fourth-order valence-electron chi connectivity index (χ4n) is 1.26. The van der Waals surface area contributed by atoms with Gasteiger partial charge >= 0.3 is 0 Å². The molecule has 0 fully saturated rings. The summed E-state index contributed by atoms with van der Waals surface area (Å²) in [6.45, 7) is 0. The minimum absolute atomic E-state index is 0.0527. The lowest BCUT2D eigenvalue weighted by atomic mass is 10.2. The third-order valence-electron chi connectivity index (χ3n) is 2.28. The molecule has 104 valence electrons. The number of aldehydes is 2. The second-order valence-corrected chi connectivity index (χ2v) is 3.72. The first kappa shape index (κ1) is 15.0. The molecule has 0 bridgehead atoms. The van der Waals surface area contributed by atoms with Gasteiger partial charge in [0, 0.05) is 12.1 Å². The molecular weight excluding hydrogens is 264 g/mol. The number of aromatic hydroxyl groups is 4. The maximum atomic E-state index is 10.1. The van der Waals surface area contributed by atoms with Gasteiger partial charge in [-0.25, -0.2) is 0 Å². The summed E-state index contributed by atoms with van der Waals surface area (Å²) in [5.41, 5.74) is 0.357. The van der Waals surface area contributed by atoms with Crippen molar-refractivity contribution in [2.24, 2.45) is 0 Å². The molecule has 0 saturated carbocycles. The Morgan fingerprint density at radius 2 is 1.00 bits per heavy atom. The minimum Gasteiger partial charge on any atom is -0.508 e. The van der Waals surface area contributed by atoms with Crippen LogP contribution in [0.1, 0.15) is 20.7 Å². The van der Waals surface area contributed by atoms with Crippen LogP contribution in [0.15, 0.2) is 36.4 Å². The Morgan fingerprint density at radius 3 is 1.25 bits per heavy atom. The van der Waals surface area contributed by atoms with Crippen LogP contribution in [0.25, 0.3) is 0 Å². The zero-order chi connectivity index (χ0) is 15.1. The van der Waals surface area contributed by atoms with E-state index in [1.807, 2.05) is 0 Å². The molecule has 6 heteroatoms. The van der Waals surface area contributed by atoms with Crippen LogP contribution in [0.3, 0.4) is 0 Å². The summed E-state index contributed by atoms with van der Waals surface area (Å²) in [4.78, 5) is 20.2. The summed E-state index contributed by atoms with van der Waals surface area (Å²) in [6.07, 6.45) is 1.05. The molecule has 0 atom stereocenters. The number of hydrogen-bond donors (Lipinski definition) is 4. The fraction of sp³-hybridized carbons (Fsp3) is 0. The van der Waals surface area contributed by atoms with E-state index < -0.39 is 0 Å². The van der Waals surface area contributed by atoms with Gasteiger partial charge in [-0.1, -0.05) is 0 Å². The van der Waals surface area contributed by atoms with Crippen LogP contribution in [-0.2, 0) is 0 Å². The summed E-state index contributed by atoms with van der Waals surface area (Å²) < 4.78 is 0. The lowest BCUT2D eigenvalue weighted by Gasteiger charge is -1.95. The van der Waals surface area contributed by atoms with Crippen molar-refractivity contribution in [2.45, 2.75) is 0 Å². The standard InChI is InChI=1S/2C7H6O3/c2*8-4-5-1-2-6(9)3-7(5)10/h2*1-4,9-10H. The van der Waals surface area contributed by atoms with Crippen molar-refractivity contribution in [1.82, 2.24) is 0 Å². The van der Waals surface area contributed by atoms with Crippen molar-refractivity contribution < 1.29 is 30.0 Å². The zero-order valence-corrected chi connectivity index (χ0v) is 10.2. The van der Waals surface area contributed by atoms with Crippen molar-refractivity contribution in [2.75, 3.05) is 0 Å². The number of carbonyl (C=O) groups is 2. The number of hydrogen-bond acceptors (Lipinski definition) is 6. The zero-order valence-electron chi connectivity index (χ0n) is 10.2. The molecule has 6 nitrogen and oxygen atoms in total. The van der Waals surface area contributed by atoms with E-state index in [4.69, 9.17) is 20.4 Å². The monoisotopic (exact) mass is 276 g/mol. The molecule has 20 heavy (non-hydrogen) atoms. The Hall–Kier alpha value is -3.02. The van der Waals surface area contributed by atoms with Gasteiger partial charge in [0.05, 0.1) is 11.1 Å². The second-order valence-electron chi connectivity index (χ2n) is 3.72. The van der Waals surface area contributed by atoms with Crippen LogP contribution in [0.2, 0.25) is 0 Å². The molecular formula is C14H12O6. The van der Waals surface area contributed by atoms with E-state index in [0.717, 1.165) is 12.1 Å². The van der Waals surface area contributed by atoms with Crippen molar-refractivity contribution in [3.63, 3.8) is 0 Å². The Balaban J connectivity index is 0.000000200. The van der Waals surface area contributed by atoms with Crippen LogP contribution in [-0.4, -0.2) is 33.0 Å². The Bertz CT molecular complexity index is 566. The predicted octanol–water partition coefficient (Wildman–Crippen LogP) is 1.82. The molecule has 2 rings (SSSR count). The summed E-state index contributed by atoms with van der Waals surface area (Å²) in [5.74, 6) is -0.504. The van der Waals surface area contributed by atoms with E-state index in [1.54, 1.807) is 0 Å². The molecule has 0 spiro atoms. The highest BCUT2D eigenvalue weighted by atomic mass is 16.3. The first-order valence-corrected chi connectivity index (χ1v) is 5.42. The molecule has 0 unspecified atom stereocenters. The van der Waals surface area contributed by atoms with E-state index >= 15 is 0 Å². The van der Waals surface area contributed by atoms with Gasteiger partial charge < -0.3 is 20.4 Å². The van der Waals surface area contributed by atoms with Crippen LogP contribution in [0.5, 0.6) is 23.0 Å². The van der Waals surface area contributed by atoms with E-state index in [1.165, 1.54) is 24.3 Å². The summed E-state index contributed by atoms with van der Waals surface area (Å²) in [7, 11) is 0. The molecule has 0 heterocycles. The number of benzene rings is 2. The maximum absolute atomic E-state index is 10.1. The Labute approximate surface area is 114 Å². The highest BCUT2D eigenvalue weighted by Gasteiger charge is 1.99. The SMILES string of the molecule is O=Cc1ccc(O)cc1O.O=Cc1ccc(O)cc1O. The van der Waals surface area contributed by atoms with Crippen LogP contribution >= 0.6 is 0 Å². The van der Waals surface area contributed by atoms with Crippen molar-refractivity contribution in [1.29, 1.82) is 0 Å². The van der Waals surface area contributed by atoms with Gasteiger partial charge in [-0.2, -0.15) is 0 Å². The van der Waals surface area contributed by atoms with Crippen molar-refractivity contribution >= 4 is 12.6 Å². The second kappa shape index (κ2) is 6.79. The third-order valence-corrected chi connectivity index (χ3v) is 2.28. The largest absolute Gasteiger partial charge is 0.508 e. The maximum Gasteiger partial charge on any atom is 0.153 e. The average molecular weight is 276 g/mol. The van der Waals surface area contributed by atoms with Gasteiger partial charge in [0.25, 0.3) is 0 Å². The Kier molecular flexibility index (Phi) is 5.11. The summed E-state index contributed by atoms with van der Waals surface area (Å²) >= 11 is 0. The number of rotatable bonds is 2. The lowest BCUT2D eigenvalue weighted by Crippen LogP contribution is -1.78. The van der Waals surface area contributed by atoms with Crippen molar-refractivity contribution in [3.05, 3.63) is 47.5 Å². The molecule has 0 amide bonds. The Morgan fingerprint density at radius 1 is 0.650 bits per heavy atom. The highest BCUT2D eigenvalue weighted by Crippen LogP contribution is 2.21. The first-order chi connectivity index (χ1) is 9.47. The normalized spacial score (nSPS) is 9.20. The van der Waals surface area contributed by atoms with Crippen LogP contribution in [0, 0.1) is 0 Å². The predicted molar refractivity (Wildman–Crippen MR) is 70.3 cm³/mol. The quantitative estimate of drug-likeness (QED) is 0.622. The first-order valence-electron chi connectivity index (χ1n) is 5.42.